The van der Waals surface area contributed by atoms with Crippen molar-refractivity contribution in [2.45, 2.75) is 6.92 Å². The first kappa shape index (κ1) is 11.6. The van der Waals surface area contributed by atoms with Crippen molar-refractivity contribution in [3.8, 4) is 0 Å². The van der Waals surface area contributed by atoms with Crippen molar-refractivity contribution in [3.05, 3.63) is 50.4 Å². The molecule has 0 spiro atoms. The SMILES string of the molecule is Cc1ccc(C(=O)c2nsc(Cl)c2Cl)cc1. The highest BCUT2D eigenvalue weighted by atomic mass is 35.5. The number of hydrogen-bond acceptors (Lipinski definition) is 3. The first-order chi connectivity index (χ1) is 7.59. The topological polar surface area (TPSA) is 30.0 Å². The quantitative estimate of drug-likeness (QED) is 0.774. The standard InChI is InChI=1S/C11H7Cl2NOS/c1-6-2-4-7(5-3-6)10(15)9-8(12)11(13)16-14-9/h2-5H,1H3. The molecule has 2 aromatic rings. The van der Waals surface area contributed by atoms with Gasteiger partial charge >= 0.3 is 0 Å². The summed E-state index contributed by atoms with van der Waals surface area (Å²) in [5, 5.41) is 0.234. The number of rotatable bonds is 2. The Morgan fingerprint density at radius 3 is 2.38 bits per heavy atom. The van der Waals surface area contributed by atoms with Crippen LogP contribution in [0, 0.1) is 6.92 Å². The average Bonchev–Trinajstić information content (AvgIpc) is 2.60. The second-order valence-corrected chi connectivity index (χ2v) is 5.07. The highest BCUT2D eigenvalue weighted by Gasteiger charge is 2.18. The maximum absolute atomic E-state index is 12.0. The number of carbonyl (C=O) groups excluding carboxylic acids is 1. The lowest BCUT2D eigenvalue weighted by Gasteiger charge is -1.98. The molecule has 0 saturated carbocycles. The number of nitrogens with zero attached hydrogens (tertiary/aromatic N) is 1. The van der Waals surface area contributed by atoms with Crippen molar-refractivity contribution < 1.29 is 4.79 Å². The zero-order valence-electron chi connectivity index (χ0n) is 8.33. The van der Waals surface area contributed by atoms with E-state index in [2.05, 4.69) is 4.37 Å². The predicted octanol–water partition coefficient (Wildman–Crippen LogP) is 3.99. The van der Waals surface area contributed by atoms with E-state index < -0.39 is 0 Å². The fourth-order valence-electron chi connectivity index (χ4n) is 1.24. The van der Waals surface area contributed by atoms with Crippen LogP contribution in [0.15, 0.2) is 24.3 Å². The molecule has 0 amide bonds. The van der Waals surface area contributed by atoms with E-state index in [1.165, 1.54) is 0 Å². The molecule has 0 bridgehead atoms. The molecule has 82 valence electrons. The van der Waals surface area contributed by atoms with Gasteiger partial charge in [0, 0.05) is 5.56 Å². The van der Waals surface area contributed by atoms with Gasteiger partial charge in [0.2, 0.25) is 5.78 Å². The predicted molar refractivity (Wildman–Crippen MR) is 66.7 cm³/mol. The number of aromatic nitrogens is 1. The molecule has 5 heteroatoms. The Hall–Kier alpha value is -0.900. The summed E-state index contributed by atoms with van der Waals surface area (Å²) in [4.78, 5) is 12.0. The minimum Gasteiger partial charge on any atom is -0.287 e. The maximum Gasteiger partial charge on any atom is 0.214 e. The summed E-state index contributed by atoms with van der Waals surface area (Å²) in [7, 11) is 0. The molecule has 1 aromatic carbocycles. The van der Waals surface area contributed by atoms with Crippen molar-refractivity contribution in [1.29, 1.82) is 0 Å². The second kappa shape index (κ2) is 4.53. The summed E-state index contributed by atoms with van der Waals surface area (Å²) in [6.07, 6.45) is 0. The van der Waals surface area contributed by atoms with E-state index in [1.807, 2.05) is 19.1 Å². The summed E-state index contributed by atoms with van der Waals surface area (Å²) in [5.74, 6) is -0.201. The third-order valence-electron chi connectivity index (χ3n) is 2.13. The van der Waals surface area contributed by atoms with Crippen LogP contribution in [0.5, 0.6) is 0 Å². The Morgan fingerprint density at radius 1 is 1.25 bits per heavy atom. The molecule has 0 aliphatic carbocycles. The minimum atomic E-state index is -0.201. The van der Waals surface area contributed by atoms with Crippen LogP contribution >= 0.6 is 34.7 Å². The molecule has 2 rings (SSSR count). The first-order valence-electron chi connectivity index (χ1n) is 4.51. The molecule has 0 fully saturated rings. The van der Waals surface area contributed by atoms with Gasteiger partial charge in [-0.2, -0.15) is 4.37 Å². The lowest BCUT2D eigenvalue weighted by Crippen LogP contribution is -2.01. The third kappa shape index (κ3) is 2.12. The van der Waals surface area contributed by atoms with Crippen LogP contribution in [0.4, 0.5) is 0 Å². The van der Waals surface area contributed by atoms with Gasteiger partial charge in [-0.25, -0.2) is 0 Å². The van der Waals surface area contributed by atoms with Gasteiger partial charge in [0.25, 0.3) is 0 Å². The second-order valence-electron chi connectivity index (χ2n) is 3.31. The fraction of sp³-hybridized carbons (Fsp3) is 0.0909. The van der Waals surface area contributed by atoms with Crippen LogP contribution in [0.25, 0.3) is 0 Å². The summed E-state index contributed by atoms with van der Waals surface area (Å²) in [5.41, 5.74) is 1.88. The van der Waals surface area contributed by atoms with Crippen molar-refractivity contribution in [2.75, 3.05) is 0 Å². The van der Waals surface area contributed by atoms with Gasteiger partial charge in [0.05, 0.1) is 0 Å². The highest BCUT2D eigenvalue weighted by Crippen LogP contribution is 2.30. The van der Waals surface area contributed by atoms with E-state index in [1.54, 1.807) is 12.1 Å². The van der Waals surface area contributed by atoms with Gasteiger partial charge in [-0.05, 0) is 18.5 Å². The lowest BCUT2D eigenvalue weighted by molar-refractivity contribution is 0.103. The number of carbonyl (C=O) groups is 1. The largest absolute Gasteiger partial charge is 0.287 e. The molecule has 0 aliphatic heterocycles. The van der Waals surface area contributed by atoms with Gasteiger partial charge in [0.15, 0.2) is 0 Å². The fourth-order valence-corrected chi connectivity index (χ4v) is 2.24. The normalized spacial score (nSPS) is 10.4. The number of ketones is 1. The molecular weight excluding hydrogens is 265 g/mol. The Kier molecular flexibility index (Phi) is 3.28. The molecule has 1 aromatic heterocycles. The molecular formula is C11H7Cl2NOS. The van der Waals surface area contributed by atoms with Crippen molar-refractivity contribution in [3.63, 3.8) is 0 Å². The van der Waals surface area contributed by atoms with Gasteiger partial charge in [-0.3, -0.25) is 4.79 Å². The van der Waals surface area contributed by atoms with Crippen molar-refractivity contribution >= 4 is 40.5 Å². The molecule has 0 N–H and O–H groups in total. The van der Waals surface area contributed by atoms with Crippen LogP contribution in [0.3, 0.4) is 0 Å². The van der Waals surface area contributed by atoms with Crippen LogP contribution < -0.4 is 0 Å². The van der Waals surface area contributed by atoms with E-state index in [9.17, 15) is 4.79 Å². The van der Waals surface area contributed by atoms with E-state index >= 15 is 0 Å². The Labute approximate surface area is 107 Å². The summed E-state index contributed by atoms with van der Waals surface area (Å²) < 4.78 is 4.29. The average molecular weight is 272 g/mol. The van der Waals surface area contributed by atoms with Gasteiger partial charge in [-0.1, -0.05) is 53.0 Å². The number of hydrogen-bond donors (Lipinski definition) is 0. The lowest BCUT2D eigenvalue weighted by atomic mass is 10.1. The van der Waals surface area contributed by atoms with Gasteiger partial charge in [-0.15, -0.1) is 0 Å². The minimum absolute atomic E-state index is 0.201. The molecule has 0 atom stereocenters. The first-order valence-corrected chi connectivity index (χ1v) is 6.04. The third-order valence-corrected chi connectivity index (χ3v) is 3.74. The highest BCUT2D eigenvalue weighted by molar-refractivity contribution is 7.11. The van der Waals surface area contributed by atoms with E-state index in [-0.39, 0.29) is 16.5 Å². The number of benzene rings is 1. The Bertz CT molecular complexity index is 533. The van der Waals surface area contributed by atoms with E-state index in [4.69, 9.17) is 23.2 Å². The van der Waals surface area contributed by atoms with Crippen molar-refractivity contribution in [1.82, 2.24) is 4.37 Å². The van der Waals surface area contributed by atoms with Gasteiger partial charge in [0.1, 0.15) is 15.1 Å². The van der Waals surface area contributed by atoms with E-state index in [0.29, 0.717) is 9.90 Å². The molecule has 1 heterocycles. The Balaban J connectivity index is 2.39. The smallest absolute Gasteiger partial charge is 0.214 e. The maximum atomic E-state index is 12.0. The van der Waals surface area contributed by atoms with Crippen LogP contribution in [0.1, 0.15) is 21.6 Å². The van der Waals surface area contributed by atoms with Crippen LogP contribution in [0.2, 0.25) is 9.36 Å². The molecule has 0 aliphatic rings. The molecule has 16 heavy (non-hydrogen) atoms. The zero-order valence-corrected chi connectivity index (χ0v) is 10.7. The zero-order chi connectivity index (χ0) is 11.7. The number of aryl methyl sites for hydroxylation is 1. The van der Waals surface area contributed by atoms with Crippen molar-refractivity contribution in [2.24, 2.45) is 0 Å². The molecule has 2 nitrogen and oxygen atoms in total. The molecule has 0 unspecified atom stereocenters. The summed E-state index contributed by atoms with van der Waals surface area (Å²) in [6.45, 7) is 1.96. The Morgan fingerprint density at radius 2 is 1.88 bits per heavy atom. The van der Waals surface area contributed by atoms with Crippen LogP contribution in [-0.2, 0) is 0 Å². The summed E-state index contributed by atoms with van der Waals surface area (Å²) >= 11 is 12.7. The van der Waals surface area contributed by atoms with E-state index in [0.717, 1.165) is 17.1 Å². The molecule has 0 radical (unpaired) electrons. The molecule has 0 saturated heterocycles. The van der Waals surface area contributed by atoms with Gasteiger partial charge < -0.3 is 0 Å². The number of halogens is 2. The van der Waals surface area contributed by atoms with Crippen LogP contribution in [-0.4, -0.2) is 10.2 Å². The summed E-state index contributed by atoms with van der Waals surface area (Å²) in [6, 6.07) is 7.24. The monoisotopic (exact) mass is 271 g/mol.